The first-order chi connectivity index (χ1) is 9.16. The van der Waals surface area contributed by atoms with Crippen LogP contribution in [0.5, 0.6) is 5.75 Å². The van der Waals surface area contributed by atoms with Crippen LogP contribution in [0.25, 0.3) is 11.1 Å². The Balaban J connectivity index is 2.05. The Labute approximate surface area is 112 Å². The highest BCUT2D eigenvalue weighted by Crippen LogP contribution is 2.36. The monoisotopic (exact) mass is 258 g/mol. The van der Waals surface area contributed by atoms with E-state index < -0.39 is 0 Å². The first kappa shape index (κ1) is 11.9. The molecule has 1 aromatic heterocycles. The topological polar surface area (TPSA) is 67.3 Å². The maximum Gasteiger partial charge on any atom is 0.129 e. The molecule has 0 amide bonds. The molecule has 3 N–H and O–H groups in total. The molecule has 0 bridgehead atoms. The number of aromatic hydroxyl groups is 1. The molecule has 1 aliphatic heterocycles. The molecule has 0 unspecified atom stereocenters. The maximum absolute atomic E-state index is 10.1. The highest BCUT2D eigenvalue weighted by molar-refractivity contribution is 5.80. The zero-order valence-electron chi connectivity index (χ0n) is 11.0. The van der Waals surface area contributed by atoms with Crippen LogP contribution in [0.2, 0.25) is 0 Å². The van der Waals surface area contributed by atoms with Crippen molar-refractivity contribution in [3.63, 3.8) is 0 Å². The Hall–Kier alpha value is -2.17. The second-order valence-corrected chi connectivity index (χ2v) is 4.96. The summed E-state index contributed by atoms with van der Waals surface area (Å²) in [6.45, 7) is 2.15. The predicted octanol–water partition coefficient (Wildman–Crippen LogP) is 1.98. The Morgan fingerprint density at radius 3 is 2.58 bits per heavy atom. The van der Waals surface area contributed by atoms with E-state index in [1.54, 1.807) is 24.0 Å². The zero-order valence-corrected chi connectivity index (χ0v) is 11.0. The summed E-state index contributed by atoms with van der Waals surface area (Å²) >= 11 is 0. The minimum Gasteiger partial charge on any atom is -0.507 e. The van der Waals surface area contributed by atoms with Crippen molar-refractivity contribution in [2.24, 2.45) is 7.05 Å². The van der Waals surface area contributed by atoms with Crippen LogP contribution in [-0.2, 0) is 7.05 Å². The average Bonchev–Trinajstić information content (AvgIpc) is 3.03. The van der Waals surface area contributed by atoms with Crippen molar-refractivity contribution in [3.05, 3.63) is 24.4 Å². The van der Waals surface area contributed by atoms with Crippen LogP contribution in [-0.4, -0.2) is 28.0 Å². The number of aryl methyl sites for hydroxylation is 1. The molecule has 5 heteroatoms. The summed E-state index contributed by atoms with van der Waals surface area (Å²) in [4.78, 5) is 2.33. The largest absolute Gasteiger partial charge is 0.507 e. The third kappa shape index (κ3) is 2.01. The van der Waals surface area contributed by atoms with Gasteiger partial charge in [0, 0.05) is 37.0 Å². The molecule has 0 saturated carbocycles. The van der Waals surface area contributed by atoms with Crippen molar-refractivity contribution < 1.29 is 5.11 Å². The van der Waals surface area contributed by atoms with Crippen molar-refractivity contribution in [2.75, 3.05) is 23.7 Å². The lowest BCUT2D eigenvalue weighted by Crippen LogP contribution is -2.17. The van der Waals surface area contributed by atoms with Gasteiger partial charge in [0.15, 0.2) is 0 Å². The first-order valence-corrected chi connectivity index (χ1v) is 6.52. The van der Waals surface area contributed by atoms with E-state index >= 15 is 0 Å². The van der Waals surface area contributed by atoms with Crippen molar-refractivity contribution in [3.8, 4) is 16.9 Å². The molecule has 1 aromatic carbocycles. The van der Waals surface area contributed by atoms with E-state index in [-0.39, 0.29) is 5.75 Å². The molecular weight excluding hydrogens is 240 g/mol. The van der Waals surface area contributed by atoms with Gasteiger partial charge in [-0.25, -0.2) is 0 Å². The van der Waals surface area contributed by atoms with Crippen LogP contribution in [0, 0.1) is 0 Å². The van der Waals surface area contributed by atoms with E-state index in [0.29, 0.717) is 5.82 Å². The minimum absolute atomic E-state index is 0.239. The van der Waals surface area contributed by atoms with Gasteiger partial charge in [0.1, 0.15) is 11.6 Å². The van der Waals surface area contributed by atoms with Crippen LogP contribution in [0.3, 0.4) is 0 Å². The van der Waals surface area contributed by atoms with Gasteiger partial charge in [-0.1, -0.05) is 0 Å². The molecule has 100 valence electrons. The number of nitrogens with two attached hydrogens (primary N) is 1. The van der Waals surface area contributed by atoms with E-state index in [1.807, 2.05) is 12.1 Å². The third-order valence-electron chi connectivity index (χ3n) is 3.73. The third-order valence-corrected chi connectivity index (χ3v) is 3.73. The van der Waals surface area contributed by atoms with E-state index in [4.69, 9.17) is 5.73 Å². The molecule has 1 aliphatic rings. The number of benzene rings is 1. The molecular formula is C14H18N4O. The summed E-state index contributed by atoms with van der Waals surface area (Å²) in [6.07, 6.45) is 4.15. The Morgan fingerprint density at radius 1 is 1.21 bits per heavy atom. The van der Waals surface area contributed by atoms with Gasteiger partial charge in [-0.15, -0.1) is 0 Å². The fourth-order valence-electron chi connectivity index (χ4n) is 2.57. The van der Waals surface area contributed by atoms with Crippen LogP contribution >= 0.6 is 0 Å². The zero-order chi connectivity index (χ0) is 13.4. The average molecular weight is 258 g/mol. The molecule has 0 aliphatic carbocycles. The maximum atomic E-state index is 10.1. The molecule has 0 atom stereocenters. The van der Waals surface area contributed by atoms with E-state index in [1.165, 1.54) is 12.8 Å². The van der Waals surface area contributed by atoms with Gasteiger partial charge >= 0.3 is 0 Å². The molecule has 3 rings (SSSR count). The minimum atomic E-state index is 0.239. The highest BCUT2D eigenvalue weighted by atomic mass is 16.3. The van der Waals surface area contributed by atoms with Crippen LogP contribution in [0.15, 0.2) is 24.4 Å². The SMILES string of the molecule is Cn1ncc(-c2cc(N3CCCC3)ccc2O)c1N. The number of hydrogen-bond donors (Lipinski definition) is 2. The van der Waals surface area contributed by atoms with Gasteiger partial charge in [0.25, 0.3) is 0 Å². The van der Waals surface area contributed by atoms with Gasteiger partial charge < -0.3 is 15.7 Å². The van der Waals surface area contributed by atoms with Gasteiger partial charge in [-0.05, 0) is 31.0 Å². The van der Waals surface area contributed by atoms with Crippen molar-refractivity contribution in [1.82, 2.24) is 9.78 Å². The van der Waals surface area contributed by atoms with E-state index in [0.717, 1.165) is 29.9 Å². The summed E-state index contributed by atoms with van der Waals surface area (Å²) in [5.41, 5.74) is 8.64. The van der Waals surface area contributed by atoms with Crippen LogP contribution in [0.1, 0.15) is 12.8 Å². The second-order valence-electron chi connectivity index (χ2n) is 4.96. The lowest BCUT2D eigenvalue weighted by Gasteiger charge is -2.18. The number of hydrogen-bond acceptors (Lipinski definition) is 4. The lowest BCUT2D eigenvalue weighted by molar-refractivity contribution is 0.477. The first-order valence-electron chi connectivity index (χ1n) is 6.52. The molecule has 19 heavy (non-hydrogen) atoms. The van der Waals surface area contributed by atoms with Gasteiger partial charge in [0.05, 0.1) is 6.20 Å². The van der Waals surface area contributed by atoms with Crippen molar-refractivity contribution >= 4 is 11.5 Å². The number of anilines is 2. The van der Waals surface area contributed by atoms with Gasteiger partial charge in [-0.3, -0.25) is 4.68 Å². The summed E-state index contributed by atoms with van der Waals surface area (Å²) in [5, 5.41) is 14.2. The van der Waals surface area contributed by atoms with Crippen molar-refractivity contribution in [1.29, 1.82) is 0 Å². The van der Waals surface area contributed by atoms with Crippen LogP contribution in [0.4, 0.5) is 11.5 Å². The predicted molar refractivity (Wildman–Crippen MR) is 76.2 cm³/mol. The van der Waals surface area contributed by atoms with Gasteiger partial charge in [-0.2, -0.15) is 5.10 Å². The van der Waals surface area contributed by atoms with E-state index in [2.05, 4.69) is 10.00 Å². The smallest absolute Gasteiger partial charge is 0.129 e. The summed E-state index contributed by atoms with van der Waals surface area (Å²) in [5.74, 6) is 0.802. The Kier molecular flexibility index (Phi) is 2.81. The van der Waals surface area contributed by atoms with Crippen LogP contribution < -0.4 is 10.6 Å². The number of phenols is 1. The number of nitrogen functional groups attached to an aromatic ring is 1. The molecule has 2 aromatic rings. The quantitative estimate of drug-likeness (QED) is 0.864. The number of aromatic nitrogens is 2. The number of phenolic OH excluding ortho intramolecular Hbond substituents is 1. The fourth-order valence-corrected chi connectivity index (χ4v) is 2.57. The second kappa shape index (κ2) is 4.50. The Bertz CT molecular complexity index is 599. The molecule has 5 nitrogen and oxygen atoms in total. The summed E-state index contributed by atoms with van der Waals surface area (Å²) in [6, 6.07) is 5.68. The van der Waals surface area contributed by atoms with Crippen molar-refractivity contribution in [2.45, 2.75) is 12.8 Å². The Morgan fingerprint density at radius 2 is 1.95 bits per heavy atom. The standard InChI is InChI=1S/C14H18N4O/c1-17-14(15)12(9-16-17)11-8-10(4-5-13(11)19)18-6-2-3-7-18/h4-5,8-9,19H,2-3,6-7,15H2,1H3. The molecule has 1 fully saturated rings. The fraction of sp³-hybridized carbons (Fsp3) is 0.357. The summed E-state index contributed by atoms with van der Waals surface area (Å²) < 4.78 is 1.61. The molecule has 0 spiro atoms. The van der Waals surface area contributed by atoms with Gasteiger partial charge in [0.2, 0.25) is 0 Å². The lowest BCUT2D eigenvalue weighted by atomic mass is 10.1. The molecule has 0 radical (unpaired) electrons. The number of rotatable bonds is 2. The highest BCUT2D eigenvalue weighted by Gasteiger charge is 2.16. The normalized spacial score (nSPS) is 15.1. The summed E-state index contributed by atoms with van der Waals surface area (Å²) in [7, 11) is 1.79. The molecule has 1 saturated heterocycles. The number of nitrogens with zero attached hydrogens (tertiary/aromatic N) is 3. The molecule has 2 heterocycles. The van der Waals surface area contributed by atoms with E-state index in [9.17, 15) is 5.11 Å².